The van der Waals surface area contributed by atoms with Gasteiger partial charge >= 0.3 is 0 Å². The van der Waals surface area contributed by atoms with Gasteiger partial charge in [0.15, 0.2) is 0 Å². The molecule has 4 aromatic rings. The number of pyridine rings is 1. The van der Waals surface area contributed by atoms with E-state index in [9.17, 15) is 9.50 Å². The van der Waals surface area contributed by atoms with Gasteiger partial charge in [-0.1, -0.05) is 60.7 Å². The Balaban J connectivity index is 2.07. The maximum atomic E-state index is 13.3. The van der Waals surface area contributed by atoms with Gasteiger partial charge in [-0.3, -0.25) is 0 Å². The van der Waals surface area contributed by atoms with Crippen LogP contribution in [0.3, 0.4) is 0 Å². The molecular weight excluding hydrogens is 301 g/mol. The van der Waals surface area contributed by atoms with E-state index >= 15 is 0 Å². The van der Waals surface area contributed by atoms with Crippen molar-refractivity contribution in [2.45, 2.75) is 0 Å². The van der Waals surface area contributed by atoms with Crippen LogP contribution in [0.15, 0.2) is 78.9 Å². The summed E-state index contributed by atoms with van der Waals surface area (Å²) in [6.45, 7) is 0. The van der Waals surface area contributed by atoms with Crippen LogP contribution in [0.25, 0.3) is 33.3 Å². The van der Waals surface area contributed by atoms with Crippen molar-refractivity contribution >= 4 is 10.9 Å². The Hall–Kier alpha value is -3.20. The van der Waals surface area contributed by atoms with E-state index in [1.54, 1.807) is 12.1 Å². The van der Waals surface area contributed by atoms with E-state index in [0.717, 1.165) is 22.0 Å². The predicted octanol–water partition coefficient (Wildman–Crippen LogP) is 5.41. The van der Waals surface area contributed by atoms with E-state index in [-0.39, 0.29) is 11.6 Å². The van der Waals surface area contributed by atoms with Gasteiger partial charge in [-0.05, 0) is 23.8 Å². The summed E-state index contributed by atoms with van der Waals surface area (Å²) < 4.78 is 13.3. The summed E-state index contributed by atoms with van der Waals surface area (Å²) in [6, 6.07) is 23.3. The summed E-state index contributed by atoms with van der Waals surface area (Å²) in [5, 5.41) is 11.7. The fourth-order valence-corrected chi connectivity index (χ4v) is 2.91. The highest BCUT2D eigenvalue weighted by molar-refractivity contribution is 6.00. The lowest BCUT2D eigenvalue weighted by atomic mass is 9.97. The summed E-state index contributed by atoms with van der Waals surface area (Å²) >= 11 is 0. The minimum Gasteiger partial charge on any atom is -0.505 e. The maximum Gasteiger partial charge on any atom is 0.150 e. The molecule has 0 saturated heterocycles. The van der Waals surface area contributed by atoms with Crippen LogP contribution >= 0.6 is 0 Å². The first-order valence-electron chi connectivity index (χ1n) is 7.67. The molecule has 3 heteroatoms. The molecule has 24 heavy (non-hydrogen) atoms. The van der Waals surface area contributed by atoms with Gasteiger partial charge in [-0.2, -0.15) is 0 Å². The molecule has 0 spiro atoms. The molecule has 0 amide bonds. The van der Waals surface area contributed by atoms with E-state index < -0.39 is 0 Å². The molecule has 3 aromatic carbocycles. The number of halogens is 1. The Labute approximate surface area is 138 Å². The van der Waals surface area contributed by atoms with Crippen LogP contribution in [0.4, 0.5) is 4.39 Å². The van der Waals surface area contributed by atoms with Gasteiger partial charge in [0.25, 0.3) is 0 Å². The summed E-state index contributed by atoms with van der Waals surface area (Å²) in [4.78, 5) is 4.62. The van der Waals surface area contributed by atoms with Crippen molar-refractivity contribution in [3.63, 3.8) is 0 Å². The summed E-state index contributed by atoms with van der Waals surface area (Å²) in [6.07, 6.45) is 0. The number of rotatable bonds is 2. The van der Waals surface area contributed by atoms with Crippen LogP contribution in [0.1, 0.15) is 0 Å². The Kier molecular flexibility index (Phi) is 3.47. The van der Waals surface area contributed by atoms with Crippen LogP contribution in [0.5, 0.6) is 5.75 Å². The molecular formula is C21H14FNO. The summed E-state index contributed by atoms with van der Waals surface area (Å²) in [5.74, 6) is -0.202. The molecule has 0 aliphatic heterocycles. The molecule has 1 aromatic heterocycles. The first-order chi connectivity index (χ1) is 11.7. The Morgan fingerprint density at radius 1 is 0.708 bits per heavy atom. The molecule has 4 rings (SSSR count). The second kappa shape index (κ2) is 5.78. The van der Waals surface area contributed by atoms with Crippen LogP contribution in [0.2, 0.25) is 0 Å². The molecule has 0 saturated carbocycles. The van der Waals surface area contributed by atoms with Crippen LogP contribution < -0.4 is 0 Å². The molecule has 0 aliphatic carbocycles. The highest BCUT2D eigenvalue weighted by Gasteiger charge is 2.17. The van der Waals surface area contributed by atoms with E-state index in [1.165, 1.54) is 12.1 Å². The zero-order valence-corrected chi connectivity index (χ0v) is 12.8. The third-order valence-corrected chi connectivity index (χ3v) is 4.05. The largest absolute Gasteiger partial charge is 0.505 e. The molecule has 0 unspecified atom stereocenters. The van der Waals surface area contributed by atoms with E-state index in [4.69, 9.17) is 0 Å². The second-order valence-corrected chi connectivity index (χ2v) is 5.57. The third kappa shape index (κ3) is 2.40. The van der Waals surface area contributed by atoms with Crippen molar-refractivity contribution in [3.8, 4) is 28.1 Å². The minimum absolute atomic E-state index is 0.103. The standard InChI is InChI=1S/C21H14FNO/c22-16-12-10-14(11-13-16)19-17-8-4-5-9-18(17)23-20(21(19)24)15-6-2-1-3-7-15/h1-13,24H. The number of benzene rings is 3. The molecule has 0 atom stereocenters. The number of hydrogen-bond donors (Lipinski definition) is 1. The average molecular weight is 315 g/mol. The van der Waals surface area contributed by atoms with Crippen molar-refractivity contribution in [1.29, 1.82) is 0 Å². The van der Waals surface area contributed by atoms with Crippen molar-refractivity contribution < 1.29 is 9.50 Å². The van der Waals surface area contributed by atoms with Crippen molar-refractivity contribution in [2.75, 3.05) is 0 Å². The fourth-order valence-electron chi connectivity index (χ4n) is 2.91. The normalized spacial score (nSPS) is 10.9. The first-order valence-corrected chi connectivity index (χ1v) is 7.67. The number of aromatic hydroxyl groups is 1. The zero-order chi connectivity index (χ0) is 16.5. The van der Waals surface area contributed by atoms with Crippen LogP contribution in [-0.2, 0) is 0 Å². The average Bonchev–Trinajstić information content (AvgIpc) is 2.63. The Morgan fingerprint density at radius 3 is 2.12 bits per heavy atom. The van der Waals surface area contributed by atoms with Gasteiger partial charge in [0.05, 0.1) is 5.52 Å². The Morgan fingerprint density at radius 2 is 1.38 bits per heavy atom. The number of aromatic nitrogens is 1. The lowest BCUT2D eigenvalue weighted by Crippen LogP contribution is -1.92. The topological polar surface area (TPSA) is 33.1 Å². The number of fused-ring (bicyclic) bond motifs is 1. The highest BCUT2D eigenvalue weighted by atomic mass is 19.1. The molecule has 0 radical (unpaired) electrons. The third-order valence-electron chi connectivity index (χ3n) is 4.05. The van der Waals surface area contributed by atoms with Crippen molar-refractivity contribution in [3.05, 3.63) is 84.7 Å². The molecule has 0 bridgehead atoms. The maximum absolute atomic E-state index is 13.3. The number of nitrogens with zero attached hydrogens (tertiary/aromatic N) is 1. The SMILES string of the molecule is Oc1c(-c2ccccc2)nc2ccccc2c1-c1ccc(F)cc1. The van der Waals surface area contributed by atoms with Gasteiger partial charge in [0.2, 0.25) is 0 Å². The van der Waals surface area contributed by atoms with Crippen LogP contribution in [-0.4, -0.2) is 10.1 Å². The summed E-state index contributed by atoms with van der Waals surface area (Å²) in [5.41, 5.74) is 3.57. The predicted molar refractivity (Wildman–Crippen MR) is 94.2 cm³/mol. The molecule has 0 aliphatic rings. The van der Waals surface area contributed by atoms with Gasteiger partial charge < -0.3 is 5.11 Å². The first kappa shape index (κ1) is 14.4. The smallest absolute Gasteiger partial charge is 0.150 e. The summed E-state index contributed by atoms with van der Waals surface area (Å²) in [7, 11) is 0. The van der Waals surface area contributed by atoms with Crippen molar-refractivity contribution in [1.82, 2.24) is 4.98 Å². The molecule has 1 heterocycles. The van der Waals surface area contributed by atoms with Gasteiger partial charge in [-0.25, -0.2) is 9.37 Å². The minimum atomic E-state index is -0.306. The lowest BCUT2D eigenvalue weighted by molar-refractivity contribution is 0.478. The molecule has 2 nitrogen and oxygen atoms in total. The lowest BCUT2D eigenvalue weighted by Gasteiger charge is -2.13. The quantitative estimate of drug-likeness (QED) is 0.536. The van der Waals surface area contributed by atoms with Crippen molar-refractivity contribution in [2.24, 2.45) is 0 Å². The Bertz CT molecular complexity index is 1010. The molecule has 116 valence electrons. The highest BCUT2D eigenvalue weighted by Crippen LogP contribution is 2.41. The van der Waals surface area contributed by atoms with Gasteiger partial charge in [-0.15, -0.1) is 0 Å². The number of hydrogen-bond acceptors (Lipinski definition) is 2. The molecule has 0 fully saturated rings. The van der Waals surface area contributed by atoms with E-state index in [2.05, 4.69) is 4.98 Å². The monoisotopic (exact) mass is 315 g/mol. The fraction of sp³-hybridized carbons (Fsp3) is 0. The zero-order valence-electron chi connectivity index (χ0n) is 12.8. The van der Waals surface area contributed by atoms with Crippen LogP contribution in [0, 0.1) is 5.82 Å². The number of para-hydroxylation sites is 1. The van der Waals surface area contributed by atoms with E-state index in [0.29, 0.717) is 11.3 Å². The van der Waals surface area contributed by atoms with Gasteiger partial charge in [0, 0.05) is 16.5 Å². The van der Waals surface area contributed by atoms with Gasteiger partial charge in [0.1, 0.15) is 17.3 Å². The van der Waals surface area contributed by atoms with E-state index in [1.807, 2.05) is 54.6 Å². The molecule has 1 N–H and O–H groups in total. The second-order valence-electron chi connectivity index (χ2n) is 5.57.